The molecule has 1 amide bonds. The molecule has 0 saturated heterocycles. The molecule has 0 saturated carbocycles. The maximum Gasteiger partial charge on any atom is 0.269 e. The van der Waals surface area contributed by atoms with Crippen LogP contribution in [0.3, 0.4) is 0 Å². The summed E-state index contributed by atoms with van der Waals surface area (Å²) in [5.74, 6) is -0.937. The Bertz CT molecular complexity index is 1430. The van der Waals surface area contributed by atoms with E-state index in [0.29, 0.717) is 39.0 Å². The number of rotatable bonds is 15. The van der Waals surface area contributed by atoms with Crippen molar-refractivity contribution in [1.29, 1.82) is 0 Å². The van der Waals surface area contributed by atoms with Crippen molar-refractivity contribution in [2.24, 2.45) is 0 Å². The van der Waals surface area contributed by atoms with Gasteiger partial charge >= 0.3 is 0 Å². The predicted molar refractivity (Wildman–Crippen MR) is 158 cm³/mol. The van der Waals surface area contributed by atoms with Crippen LogP contribution in [0.5, 0.6) is 5.75 Å². The maximum absolute atomic E-state index is 13.1. The van der Waals surface area contributed by atoms with Crippen LogP contribution in [-0.2, 0) is 4.79 Å². The minimum absolute atomic E-state index is 0.0192. The first kappa shape index (κ1) is 28.6. The molecule has 0 radical (unpaired) electrons. The molecule has 2 N–H and O–H groups in total. The van der Waals surface area contributed by atoms with E-state index in [1.165, 1.54) is 63.9 Å². The average Bonchev–Trinajstić information content (AvgIpc) is 3.37. The highest BCUT2D eigenvalue weighted by atomic mass is 35.5. The number of unbranched alkanes of at least 4 members (excludes halogenated alkanes) is 10. The van der Waals surface area contributed by atoms with Gasteiger partial charge < -0.3 is 14.8 Å². The molecule has 0 aliphatic rings. The molecule has 4 rings (SSSR count). The van der Waals surface area contributed by atoms with Crippen molar-refractivity contribution in [3.8, 4) is 5.75 Å². The second-order valence-corrected chi connectivity index (χ2v) is 10.6. The minimum Gasteiger partial charge on any atom is -0.507 e. The monoisotopic (exact) mass is 548 g/mol. The van der Waals surface area contributed by atoms with Gasteiger partial charge in [0.2, 0.25) is 5.91 Å². The van der Waals surface area contributed by atoms with Gasteiger partial charge in [-0.1, -0.05) is 107 Å². The molecule has 1 aromatic heterocycles. The molecular formula is C32H37ClN2O4. The summed E-state index contributed by atoms with van der Waals surface area (Å²) in [4.78, 5) is 29.9. The number of aromatic hydroxyl groups is 1. The average molecular weight is 549 g/mol. The smallest absolute Gasteiger partial charge is 0.269 e. The van der Waals surface area contributed by atoms with E-state index in [1.807, 2.05) is 6.07 Å². The summed E-state index contributed by atoms with van der Waals surface area (Å²) in [6, 6.07) is 13.6. The summed E-state index contributed by atoms with van der Waals surface area (Å²) >= 11 is 6.35. The number of ketones is 1. The number of anilines is 1. The predicted octanol–water partition coefficient (Wildman–Crippen LogP) is 9.21. The third-order valence-electron chi connectivity index (χ3n) is 7.08. The molecule has 6 nitrogen and oxygen atoms in total. The number of hydrogen-bond acceptors (Lipinski definition) is 5. The van der Waals surface area contributed by atoms with Gasteiger partial charge in [0.25, 0.3) is 11.7 Å². The zero-order chi connectivity index (χ0) is 27.6. The summed E-state index contributed by atoms with van der Waals surface area (Å²) in [6.07, 6.45) is 14.1. The van der Waals surface area contributed by atoms with Crippen molar-refractivity contribution in [1.82, 2.24) is 4.98 Å². The molecule has 206 valence electrons. The van der Waals surface area contributed by atoms with Crippen LogP contribution in [0.4, 0.5) is 5.69 Å². The van der Waals surface area contributed by atoms with Crippen molar-refractivity contribution < 1.29 is 19.1 Å². The molecule has 39 heavy (non-hydrogen) atoms. The van der Waals surface area contributed by atoms with E-state index in [0.717, 1.165) is 12.8 Å². The lowest BCUT2D eigenvalue weighted by Crippen LogP contribution is -2.10. The van der Waals surface area contributed by atoms with Crippen molar-refractivity contribution in [3.63, 3.8) is 0 Å². The summed E-state index contributed by atoms with van der Waals surface area (Å²) in [7, 11) is 0. The van der Waals surface area contributed by atoms with Gasteiger partial charge in [-0.3, -0.25) is 9.59 Å². The lowest BCUT2D eigenvalue weighted by molar-refractivity contribution is -0.116. The van der Waals surface area contributed by atoms with Crippen molar-refractivity contribution in [3.05, 3.63) is 65.0 Å². The van der Waals surface area contributed by atoms with E-state index in [-0.39, 0.29) is 23.1 Å². The number of phenols is 1. The van der Waals surface area contributed by atoms with E-state index < -0.39 is 5.78 Å². The number of halogens is 1. The fourth-order valence-corrected chi connectivity index (χ4v) is 5.15. The molecule has 1 heterocycles. The van der Waals surface area contributed by atoms with E-state index in [2.05, 4.69) is 17.2 Å². The molecule has 0 unspecified atom stereocenters. The number of hydrogen-bond donors (Lipinski definition) is 2. The first-order valence-corrected chi connectivity index (χ1v) is 14.5. The molecular weight excluding hydrogens is 512 g/mol. The SMILES string of the molecule is CCCCCCCCCCCCCC(=O)Nc1ccc2oc(C(=O)c3cc(Cl)c4ccccc4c3O)nc2c1. The van der Waals surface area contributed by atoms with Gasteiger partial charge in [0, 0.05) is 27.9 Å². The second kappa shape index (κ2) is 14.1. The molecule has 0 aliphatic heterocycles. The molecule has 0 bridgehead atoms. The number of phenolic OH excluding ortho intramolecular Hbond substituents is 1. The molecule has 3 aromatic carbocycles. The zero-order valence-electron chi connectivity index (χ0n) is 22.6. The lowest BCUT2D eigenvalue weighted by atomic mass is 10.0. The summed E-state index contributed by atoms with van der Waals surface area (Å²) in [5, 5.41) is 15.1. The standard InChI is InChI=1S/C32H37ClN2O4/c1-2-3-4-5-6-7-8-9-10-11-12-17-29(36)34-22-18-19-28-27(20-22)35-32(39-28)31(38)25-21-26(33)23-15-13-14-16-24(23)30(25)37/h13-16,18-21,37H,2-12,17H2,1H3,(H,34,36). The topological polar surface area (TPSA) is 92.4 Å². The molecule has 0 aliphatic carbocycles. The third-order valence-corrected chi connectivity index (χ3v) is 7.40. The first-order valence-electron chi connectivity index (χ1n) is 14.1. The highest BCUT2D eigenvalue weighted by molar-refractivity contribution is 6.36. The van der Waals surface area contributed by atoms with Gasteiger partial charge in [-0.25, -0.2) is 4.98 Å². The van der Waals surface area contributed by atoms with E-state index >= 15 is 0 Å². The van der Waals surface area contributed by atoms with Crippen LogP contribution in [0.15, 0.2) is 52.9 Å². The number of nitrogens with one attached hydrogen (secondary N) is 1. The first-order chi connectivity index (χ1) is 19.0. The van der Waals surface area contributed by atoms with Gasteiger partial charge in [-0.15, -0.1) is 0 Å². The largest absolute Gasteiger partial charge is 0.507 e. The van der Waals surface area contributed by atoms with Crippen LogP contribution in [-0.4, -0.2) is 21.8 Å². The summed E-state index contributed by atoms with van der Waals surface area (Å²) in [5.41, 5.74) is 1.47. The Balaban J connectivity index is 1.27. The number of oxazole rings is 1. The zero-order valence-corrected chi connectivity index (χ0v) is 23.4. The lowest BCUT2D eigenvalue weighted by Gasteiger charge is -2.07. The fraction of sp³-hybridized carbons (Fsp3) is 0.406. The fourth-order valence-electron chi connectivity index (χ4n) is 4.88. The Kier molecular flexibility index (Phi) is 10.4. The van der Waals surface area contributed by atoms with E-state index in [9.17, 15) is 14.7 Å². The Morgan fingerprint density at radius 3 is 2.21 bits per heavy atom. The highest BCUT2D eigenvalue weighted by Gasteiger charge is 2.23. The number of fused-ring (bicyclic) bond motifs is 2. The van der Waals surface area contributed by atoms with Gasteiger partial charge in [0.05, 0.1) is 5.56 Å². The molecule has 0 fully saturated rings. The Morgan fingerprint density at radius 1 is 0.872 bits per heavy atom. The van der Waals surface area contributed by atoms with Gasteiger partial charge in [-0.2, -0.15) is 0 Å². The Hall–Kier alpha value is -3.38. The van der Waals surface area contributed by atoms with Gasteiger partial charge in [0.15, 0.2) is 5.58 Å². The second-order valence-electron chi connectivity index (χ2n) is 10.2. The maximum atomic E-state index is 13.1. The quantitative estimate of drug-likeness (QED) is 0.114. The molecule has 0 atom stereocenters. The molecule has 4 aromatic rings. The molecule has 0 spiro atoms. The van der Waals surface area contributed by atoms with Crippen LogP contribution < -0.4 is 5.32 Å². The van der Waals surface area contributed by atoms with Gasteiger partial charge in [0.1, 0.15) is 11.3 Å². The van der Waals surface area contributed by atoms with Crippen molar-refractivity contribution >= 4 is 50.9 Å². The summed E-state index contributed by atoms with van der Waals surface area (Å²) in [6.45, 7) is 2.24. The number of aromatic nitrogens is 1. The van der Waals surface area contributed by atoms with Crippen molar-refractivity contribution in [2.75, 3.05) is 5.32 Å². The number of nitrogens with zero attached hydrogens (tertiary/aromatic N) is 1. The van der Waals surface area contributed by atoms with Crippen LogP contribution in [0.25, 0.3) is 21.9 Å². The number of carbonyl (C=O) groups excluding carboxylic acids is 2. The van der Waals surface area contributed by atoms with Gasteiger partial charge in [-0.05, 0) is 30.7 Å². The van der Waals surface area contributed by atoms with Crippen LogP contribution >= 0.6 is 11.6 Å². The number of benzene rings is 3. The van der Waals surface area contributed by atoms with E-state index in [4.69, 9.17) is 16.0 Å². The highest BCUT2D eigenvalue weighted by Crippen LogP contribution is 2.35. The number of carbonyl (C=O) groups is 2. The Labute approximate surface area is 234 Å². The Morgan fingerprint density at radius 2 is 1.51 bits per heavy atom. The van der Waals surface area contributed by atoms with Crippen molar-refractivity contribution in [2.45, 2.75) is 84.0 Å². The normalized spacial score (nSPS) is 11.3. The third kappa shape index (κ3) is 7.60. The van der Waals surface area contributed by atoms with Crippen LogP contribution in [0.1, 0.15) is 100 Å². The van der Waals surface area contributed by atoms with Crippen LogP contribution in [0, 0.1) is 0 Å². The van der Waals surface area contributed by atoms with Crippen LogP contribution in [0.2, 0.25) is 5.02 Å². The molecule has 7 heteroatoms. The summed E-state index contributed by atoms with van der Waals surface area (Å²) < 4.78 is 5.67. The number of amides is 1. The van der Waals surface area contributed by atoms with E-state index in [1.54, 1.807) is 36.4 Å². The minimum atomic E-state index is -0.571.